The van der Waals surface area contributed by atoms with Gasteiger partial charge in [-0.3, -0.25) is 4.79 Å². The first kappa shape index (κ1) is 15.7. The molecule has 0 heterocycles. The molecule has 1 aromatic rings. The first-order valence-electron chi connectivity index (χ1n) is 6.93. The van der Waals surface area contributed by atoms with Crippen LogP contribution < -0.4 is 11.1 Å². The van der Waals surface area contributed by atoms with Crippen LogP contribution >= 0.6 is 0 Å². The monoisotopic (exact) mass is 262 g/mol. The zero-order valence-corrected chi connectivity index (χ0v) is 12.4. The molecule has 0 spiro atoms. The summed E-state index contributed by atoms with van der Waals surface area (Å²) in [7, 11) is 0. The van der Waals surface area contributed by atoms with E-state index >= 15 is 0 Å². The number of carbonyl (C=O) groups is 1. The summed E-state index contributed by atoms with van der Waals surface area (Å²) in [5.41, 5.74) is 6.84. The fourth-order valence-electron chi connectivity index (χ4n) is 2.32. The van der Waals surface area contributed by atoms with Crippen LogP contribution in [0.25, 0.3) is 0 Å². The molecule has 0 saturated heterocycles. The summed E-state index contributed by atoms with van der Waals surface area (Å²) >= 11 is 0. The van der Waals surface area contributed by atoms with Crippen LogP contribution in [0.5, 0.6) is 0 Å². The first-order valence-corrected chi connectivity index (χ1v) is 6.93. The maximum Gasteiger partial charge on any atom is 0.224 e. The minimum atomic E-state index is -0.123. The van der Waals surface area contributed by atoms with E-state index < -0.39 is 0 Å². The Hall–Kier alpha value is -1.35. The SMILES string of the molecule is CC(CC(C)(C)c1ccccc1)NC(=O)C(C)CN. The van der Waals surface area contributed by atoms with Crippen molar-refractivity contribution in [2.24, 2.45) is 11.7 Å². The second kappa shape index (κ2) is 6.71. The number of rotatable bonds is 6. The van der Waals surface area contributed by atoms with E-state index in [-0.39, 0.29) is 23.3 Å². The van der Waals surface area contributed by atoms with Crippen LogP contribution in [0.3, 0.4) is 0 Å². The predicted octanol–water partition coefficient (Wildman–Crippen LogP) is 2.45. The fraction of sp³-hybridized carbons (Fsp3) is 0.562. The third-order valence-corrected chi connectivity index (χ3v) is 3.56. The molecule has 0 aliphatic heterocycles. The molecule has 0 saturated carbocycles. The highest BCUT2D eigenvalue weighted by molar-refractivity contribution is 5.78. The molecule has 3 N–H and O–H groups in total. The van der Waals surface area contributed by atoms with E-state index in [2.05, 4.69) is 43.4 Å². The highest BCUT2D eigenvalue weighted by Crippen LogP contribution is 2.28. The van der Waals surface area contributed by atoms with Gasteiger partial charge in [-0.15, -0.1) is 0 Å². The first-order chi connectivity index (χ1) is 8.86. The maximum atomic E-state index is 11.8. The minimum Gasteiger partial charge on any atom is -0.353 e. The summed E-state index contributed by atoms with van der Waals surface area (Å²) in [6.45, 7) is 8.70. The fourth-order valence-corrected chi connectivity index (χ4v) is 2.32. The largest absolute Gasteiger partial charge is 0.353 e. The molecule has 0 aliphatic carbocycles. The van der Waals surface area contributed by atoms with E-state index in [1.165, 1.54) is 5.56 Å². The van der Waals surface area contributed by atoms with Crippen LogP contribution in [0.4, 0.5) is 0 Å². The molecule has 3 heteroatoms. The van der Waals surface area contributed by atoms with Gasteiger partial charge in [-0.1, -0.05) is 51.1 Å². The number of nitrogens with one attached hydrogen (secondary N) is 1. The van der Waals surface area contributed by atoms with E-state index in [9.17, 15) is 4.79 Å². The van der Waals surface area contributed by atoms with Gasteiger partial charge in [0.2, 0.25) is 5.91 Å². The van der Waals surface area contributed by atoms with Crippen molar-refractivity contribution in [1.29, 1.82) is 0 Å². The van der Waals surface area contributed by atoms with E-state index in [0.717, 1.165) is 6.42 Å². The van der Waals surface area contributed by atoms with E-state index in [0.29, 0.717) is 6.54 Å². The Bertz CT molecular complexity index is 400. The quantitative estimate of drug-likeness (QED) is 0.827. The van der Waals surface area contributed by atoms with Gasteiger partial charge in [0, 0.05) is 18.5 Å². The molecule has 0 aromatic heterocycles. The minimum absolute atomic E-state index is 0.0406. The summed E-state index contributed by atoms with van der Waals surface area (Å²) in [5.74, 6) is -0.0823. The molecule has 1 amide bonds. The van der Waals surface area contributed by atoms with Gasteiger partial charge < -0.3 is 11.1 Å². The number of hydrogen-bond donors (Lipinski definition) is 2. The average Bonchev–Trinajstić information content (AvgIpc) is 2.38. The molecule has 0 radical (unpaired) electrons. The van der Waals surface area contributed by atoms with Gasteiger partial charge in [0.25, 0.3) is 0 Å². The molecule has 0 aliphatic rings. The Kier molecular flexibility index (Phi) is 5.55. The van der Waals surface area contributed by atoms with Gasteiger partial charge in [-0.05, 0) is 24.3 Å². The molecular weight excluding hydrogens is 236 g/mol. The summed E-state index contributed by atoms with van der Waals surface area (Å²) in [5, 5.41) is 3.04. The van der Waals surface area contributed by atoms with Crippen LogP contribution in [-0.4, -0.2) is 18.5 Å². The van der Waals surface area contributed by atoms with Crippen molar-refractivity contribution in [3.63, 3.8) is 0 Å². The predicted molar refractivity (Wildman–Crippen MR) is 79.9 cm³/mol. The third kappa shape index (κ3) is 4.67. The molecule has 0 bridgehead atoms. The second-order valence-electron chi connectivity index (χ2n) is 6.00. The third-order valence-electron chi connectivity index (χ3n) is 3.56. The summed E-state index contributed by atoms with van der Waals surface area (Å²) in [6, 6.07) is 10.5. The van der Waals surface area contributed by atoms with Crippen molar-refractivity contribution in [1.82, 2.24) is 5.32 Å². The number of benzene rings is 1. The molecule has 106 valence electrons. The maximum absolute atomic E-state index is 11.8. The Labute approximate surface area is 116 Å². The summed E-state index contributed by atoms with van der Waals surface area (Å²) in [4.78, 5) is 11.8. The van der Waals surface area contributed by atoms with Crippen molar-refractivity contribution in [3.8, 4) is 0 Å². The highest BCUT2D eigenvalue weighted by atomic mass is 16.1. The molecule has 1 rings (SSSR count). The van der Waals surface area contributed by atoms with Crippen LogP contribution in [0.1, 0.15) is 39.7 Å². The van der Waals surface area contributed by atoms with Gasteiger partial charge >= 0.3 is 0 Å². The second-order valence-corrected chi connectivity index (χ2v) is 6.00. The van der Waals surface area contributed by atoms with Crippen molar-refractivity contribution >= 4 is 5.91 Å². The standard InChI is InChI=1S/C16H26N2O/c1-12(11-17)15(19)18-13(2)10-16(3,4)14-8-6-5-7-9-14/h5-9,12-13H,10-11,17H2,1-4H3,(H,18,19). The van der Waals surface area contributed by atoms with E-state index in [1.807, 2.05) is 19.9 Å². The molecule has 0 fully saturated rings. The lowest BCUT2D eigenvalue weighted by Crippen LogP contribution is -2.41. The molecule has 2 unspecified atom stereocenters. The normalized spacial score (nSPS) is 14.8. The highest BCUT2D eigenvalue weighted by Gasteiger charge is 2.24. The van der Waals surface area contributed by atoms with E-state index in [1.54, 1.807) is 0 Å². The molecule has 19 heavy (non-hydrogen) atoms. The zero-order chi connectivity index (χ0) is 14.5. The van der Waals surface area contributed by atoms with Crippen molar-refractivity contribution in [2.75, 3.05) is 6.54 Å². The Morgan fingerprint density at radius 2 is 1.84 bits per heavy atom. The molecular formula is C16H26N2O. The topological polar surface area (TPSA) is 55.1 Å². The van der Waals surface area contributed by atoms with Crippen LogP contribution in [0.15, 0.2) is 30.3 Å². The van der Waals surface area contributed by atoms with Crippen molar-refractivity contribution < 1.29 is 4.79 Å². The Morgan fingerprint density at radius 1 is 1.26 bits per heavy atom. The average molecular weight is 262 g/mol. The smallest absolute Gasteiger partial charge is 0.224 e. The Balaban J connectivity index is 2.61. The Morgan fingerprint density at radius 3 is 2.37 bits per heavy atom. The van der Waals surface area contributed by atoms with Crippen molar-refractivity contribution in [3.05, 3.63) is 35.9 Å². The van der Waals surface area contributed by atoms with Crippen molar-refractivity contribution in [2.45, 2.75) is 45.6 Å². The number of amides is 1. The molecule has 3 nitrogen and oxygen atoms in total. The van der Waals surface area contributed by atoms with Gasteiger partial charge in [0.15, 0.2) is 0 Å². The van der Waals surface area contributed by atoms with E-state index in [4.69, 9.17) is 5.73 Å². The molecule has 1 aromatic carbocycles. The lowest BCUT2D eigenvalue weighted by Gasteiger charge is -2.29. The lowest BCUT2D eigenvalue weighted by molar-refractivity contribution is -0.124. The number of nitrogens with two attached hydrogens (primary N) is 1. The van der Waals surface area contributed by atoms with Gasteiger partial charge in [0.05, 0.1) is 0 Å². The van der Waals surface area contributed by atoms with Gasteiger partial charge in [-0.25, -0.2) is 0 Å². The van der Waals surface area contributed by atoms with Crippen LogP contribution in [0, 0.1) is 5.92 Å². The summed E-state index contributed by atoms with van der Waals surface area (Å²) in [6.07, 6.45) is 0.903. The molecule has 2 atom stereocenters. The van der Waals surface area contributed by atoms with Gasteiger partial charge in [0.1, 0.15) is 0 Å². The zero-order valence-electron chi connectivity index (χ0n) is 12.4. The number of hydrogen-bond acceptors (Lipinski definition) is 2. The van der Waals surface area contributed by atoms with Gasteiger partial charge in [-0.2, -0.15) is 0 Å². The summed E-state index contributed by atoms with van der Waals surface area (Å²) < 4.78 is 0. The van der Waals surface area contributed by atoms with Crippen LogP contribution in [-0.2, 0) is 10.2 Å². The lowest BCUT2D eigenvalue weighted by atomic mass is 9.79. The van der Waals surface area contributed by atoms with Crippen LogP contribution in [0.2, 0.25) is 0 Å². The number of carbonyl (C=O) groups excluding carboxylic acids is 1.